The zero-order valence-corrected chi connectivity index (χ0v) is 9.62. The minimum atomic E-state index is -0.0819. The first kappa shape index (κ1) is 11.9. The highest BCUT2D eigenvalue weighted by Gasteiger charge is 2.17. The van der Waals surface area contributed by atoms with E-state index in [9.17, 15) is 0 Å². The van der Waals surface area contributed by atoms with Crippen LogP contribution < -0.4 is 16.1 Å². The molecule has 15 heavy (non-hydrogen) atoms. The quantitative estimate of drug-likeness (QED) is 0.586. The molecule has 0 aromatic heterocycles. The molecular formula is C9H20N6. The summed E-state index contributed by atoms with van der Waals surface area (Å²) >= 11 is 0. The molecule has 86 valence electrons. The van der Waals surface area contributed by atoms with E-state index in [0.29, 0.717) is 5.96 Å². The summed E-state index contributed by atoms with van der Waals surface area (Å²) in [6.45, 7) is 8.66. The van der Waals surface area contributed by atoms with E-state index in [1.54, 1.807) is 6.34 Å². The van der Waals surface area contributed by atoms with Gasteiger partial charge in [-0.3, -0.25) is 10.3 Å². The zero-order chi connectivity index (χ0) is 11.1. The summed E-state index contributed by atoms with van der Waals surface area (Å²) in [5.74, 6) is 0.678. The minimum Gasteiger partial charge on any atom is -0.355 e. The standard InChI is InChI=1S/C9H20N6/c1-4-10-8-12-7-15(13-6-3)9(14-8)11-5-2/h7,9,11,13H,4-6H2,1-3H3,(H,10,14). The van der Waals surface area contributed by atoms with Gasteiger partial charge in [0.1, 0.15) is 6.34 Å². The highest BCUT2D eigenvalue weighted by atomic mass is 15.6. The van der Waals surface area contributed by atoms with Gasteiger partial charge in [0.05, 0.1) is 0 Å². The predicted molar refractivity (Wildman–Crippen MR) is 62.6 cm³/mol. The second kappa shape index (κ2) is 6.36. The Kier molecular flexibility index (Phi) is 5.06. The summed E-state index contributed by atoms with van der Waals surface area (Å²) in [7, 11) is 0. The SMILES string of the molecule is CCNC1=NC(NCC)N(NCC)C=N1. The van der Waals surface area contributed by atoms with Crippen molar-refractivity contribution in [3.63, 3.8) is 0 Å². The Hall–Kier alpha value is -1.14. The summed E-state index contributed by atoms with van der Waals surface area (Å²) in [5.41, 5.74) is 3.17. The Morgan fingerprint density at radius 3 is 2.67 bits per heavy atom. The average molecular weight is 212 g/mol. The second-order valence-electron chi connectivity index (χ2n) is 3.08. The van der Waals surface area contributed by atoms with Crippen LogP contribution in [0, 0.1) is 0 Å². The summed E-state index contributed by atoms with van der Waals surface area (Å²) in [6.07, 6.45) is 1.67. The fraction of sp³-hybridized carbons (Fsp3) is 0.778. The molecule has 1 aliphatic heterocycles. The number of hydrogen-bond donors (Lipinski definition) is 3. The third-order valence-corrected chi connectivity index (χ3v) is 1.87. The van der Waals surface area contributed by atoms with Crippen LogP contribution >= 0.6 is 0 Å². The molecule has 0 spiro atoms. The van der Waals surface area contributed by atoms with Crippen molar-refractivity contribution in [2.24, 2.45) is 9.98 Å². The molecule has 0 aromatic rings. The van der Waals surface area contributed by atoms with Gasteiger partial charge in [-0.1, -0.05) is 13.8 Å². The van der Waals surface area contributed by atoms with Crippen LogP contribution in [0.25, 0.3) is 0 Å². The molecule has 1 rings (SSSR count). The number of nitrogens with one attached hydrogen (secondary N) is 3. The molecule has 0 aliphatic carbocycles. The van der Waals surface area contributed by atoms with Crippen LogP contribution in [0.3, 0.4) is 0 Å². The van der Waals surface area contributed by atoms with E-state index in [0.717, 1.165) is 19.6 Å². The topological polar surface area (TPSA) is 64.1 Å². The molecule has 6 nitrogen and oxygen atoms in total. The van der Waals surface area contributed by atoms with Crippen LogP contribution in [0.15, 0.2) is 9.98 Å². The molecule has 0 saturated carbocycles. The smallest absolute Gasteiger partial charge is 0.222 e. The lowest BCUT2D eigenvalue weighted by Gasteiger charge is -2.30. The molecule has 6 heteroatoms. The van der Waals surface area contributed by atoms with Gasteiger partial charge >= 0.3 is 0 Å². The van der Waals surface area contributed by atoms with Crippen LogP contribution in [0.5, 0.6) is 0 Å². The highest BCUT2D eigenvalue weighted by molar-refractivity contribution is 5.88. The lowest BCUT2D eigenvalue weighted by atomic mass is 10.6. The fourth-order valence-corrected chi connectivity index (χ4v) is 1.28. The third kappa shape index (κ3) is 3.49. The van der Waals surface area contributed by atoms with Crippen LogP contribution in [-0.2, 0) is 0 Å². The minimum absolute atomic E-state index is 0.0819. The molecule has 0 fully saturated rings. The second-order valence-corrected chi connectivity index (χ2v) is 3.08. The third-order valence-electron chi connectivity index (χ3n) is 1.87. The van der Waals surface area contributed by atoms with Gasteiger partial charge in [0.2, 0.25) is 5.96 Å². The summed E-state index contributed by atoms with van der Waals surface area (Å²) in [5, 5.41) is 8.21. The fourth-order valence-electron chi connectivity index (χ4n) is 1.28. The van der Waals surface area contributed by atoms with Crippen molar-refractivity contribution in [2.45, 2.75) is 27.1 Å². The van der Waals surface area contributed by atoms with Gasteiger partial charge in [-0.05, 0) is 13.5 Å². The largest absolute Gasteiger partial charge is 0.355 e. The molecule has 0 amide bonds. The maximum Gasteiger partial charge on any atom is 0.222 e. The van der Waals surface area contributed by atoms with Gasteiger partial charge in [0, 0.05) is 13.1 Å². The summed E-state index contributed by atoms with van der Waals surface area (Å²) in [6, 6.07) is 0. The van der Waals surface area contributed by atoms with Crippen molar-refractivity contribution in [3.8, 4) is 0 Å². The number of guanidine groups is 1. The van der Waals surface area contributed by atoms with E-state index in [1.165, 1.54) is 0 Å². The Morgan fingerprint density at radius 2 is 2.07 bits per heavy atom. The van der Waals surface area contributed by atoms with Gasteiger partial charge in [-0.15, -0.1) is 0 Å². The van der Waals surface area contributed by atoms with Gasteiger partial charge in [-0.2, -0.15) is 0 Å². The van der Waals surface area contributed by atoms with E-state index in [1.807, 2.05) is 18.9 Å². The number of rotatable bonds is 5. The normalized spacial score (nSPS) is 20.3. The number of hydrogen-bond acceptors (Lipinski definition) is 6. The van der Waals surface area contributed by atoms with E-state index in [2.05, 4.69) is 33.0 Å². The number of nitrogens with zero attached hydrogens (tertiary/aromatic N) is 3. The zero-order valence-electron chi connectivity index (χ0n) is 9.62. The Labute approximate surface area is 90.8 Å². The molecule has 0 bridgehead atoms. The van der Waals surface area contributed by atoms with Crippen molar-refractivity contribution in [1.29, 1.82) is 0 Å². The van der Waals surface area contributed by atoms with Crippen molar-refractivity contribution in [3.05, 3.63) is 0 Å². The van der Waals surface area contributed by atoms with Crippen LogP contribution in [0.2, 0.25) is 0 Å². The molecule has 0 saturated heterocycles. The maximum absolute atomic E-state index is 4.42. The lowest BCUT2D eigenvalue weighted by molar-refractivity contribution is 0.210. The Balaban J connectivity index is 2.61. The summed E-state index contributed by atoms with van der Waals surface area (Å²) in [4.78, 5) is 8.61. The Bertz CT molecular complexity index is 237. The molecule has 1 aliphatic rings. The van der Waals surface area contributed by atoms with Crippen LogP contribution in [0.1, 0.15) is 20.8 Å². The molecular weight excluding hydrogens is 192 g/mol. The van der Waals surface area contributed by atoms with Gasteiger partial charge in [-0.25, -0.2) is 15.4 Å². The van der Waals surface area contributed by atoms with E-state index in [-0.39, 0.29) is 6.29 Å². The number of hydrazine groups is 1. The first-order chi connectivity index (χ1) is 7.31. The van der Waals surface area contributed by atoms with Crippen molar-refractivity contribution in [2.75, 3.05) is 19.6 Å². The first-order valence-corrected chi connectivity index (χ1v) is 5.42. The van der Waals surface area contributed by atoms with Crippen molar-refractivity contribution < 1.29 is 0 Å². The monoisotopic (exact) mass is 212 g/mol. The summed E-state index contributed by atoms with van der Waals surface area (Å²) < 4.78 is 0. The van der Waals surface area contributed by atoms with E-state index < -0.39 is 0 Å². The number of aliphatic imine (C=N–C) groups is 2. The lowest BCUT2D eigenvalue weighted by Crippen LogP contribution is -2.53. The van der Waals surface area contributed by atoms with E-state index >= 15 is 0 Å². The van der Waals surface area contributed by atoms with Crippen molar-refractivity contribution in [1.82, 2.24) is 21.1 Å². The highest BCUT2D eigenvalue weighted by Crippen LogP contribution is 1.98. The molecule has 1 atom stereocenters. The van der Waals surface area contributed by atoms with Crippen molar-refractivity contribution >= 4 is 12.3 Å². The van der Waals surface area contributed by atoms with Crippen LogP contribution in [-0.4, -0.2) is 43.2 Å². The molecule has 0 aromatic carbocycles. The molecule has 1 heterocycles. The molecule has 0 radical (unpaired) electrons. The first-order valence-electron chi connectivity index (χ1n) is 5.42. The Morgan fingerprint density at radius 1 is 1.27 bits per heavy atom. The van der Waals surface area contributed by atoms with Gasteiger partial charge in [0.15, 0.2) is 6.29 Å². The average Bonchev–Trinajstić information content (AvgIpc) is 2.23. The van der Waals surface area contributed by atoms with E-state index in [4.69, 9.17) is 0 Å². The molecule has 1 unspecified atom stereocenters. The maximum atomic E-state index is 4.42. The van der Waals surface area contributed by atoms with Crippen LogP contribution in [0.4, 0.5) is 0 Å². The van der Waals surface area contributed by atoms with Gasteiger partial charge < -0.3 is 5.32 Å². The van der Waals surface area contributed by atoms with Gasteiger partial charge in [0.25, 0.3) is 0 Å². The molecule has 3 N–H and O–H groups in total. The predicted octanol–water partition coefficient (Wildman–Crippen LogP) is -0.287.